The van der Waals surface area contributed by atoms with Crippen molar-refractivity contribution in [1.29, 1.82) is 0 Å². The molecule has 0 bridgehead atoms. The quantitative estimate of drug-likeness (QED) is 0.273. The van der Waals surface area contributed by atoms with Crippen molar-refractivity contribution in [3.63, 3.8) is 0 Å². The summed E-state index contributed by atoms with van der Waals surface area (Å²) < 4.78 is 2.21. The summed E-state index contributed by atoms with van der Waals surface area (Å²) in [6.07, 6.45) is 2.97. The van der Waals surface area contributed by atoms with E-state index in [4.69, 9.17) is 0 Å². The van der Waals surface area contributed by atoms with Gasteiger partial charge in [0.2, 0.25) is 0 Å². The number of aryl methyl sites for hydroxylation is 2. The van der Waals surface area contributed by atoms with Gasteiger partial charge in [-0.25, -0.2) is 0 Å². The van der Waals surface area contributed by atoms with Crippen LogP contribution < -0.4 is 0 Å². The standard InChI is InChI=1S/C25H25N3S/c1-20-14-16-23(17-15-20)28-24(19-22-11-6-3-7-12-22)26-27-25(28)29-18-8-13-21-9-4-2-5-10-21/h2-7,9-12,14-17H,8,13,18-19H2,1H3. The molecule has 146 valence electrons. The number of thioether (sulfide) groups is 1. The highest BCUT2D eigenvalue weighted by Gasteiger charge is 2.15. The number of aromatic nitrogens is 3. The second kappa shape index (κ2) is 9.57. The lowest BCUT2D eigenvalue weighted by Gasteiger charge is -2.11. The van der Waals surface area contributed by atoms with Crippen LogP contribution in [-0.4, -0.2) is 20.5 Å². The second-order valence-electron chi connectivity index (χ2n) is 7.17. The molecule has 0 saturated heterocycles. The van der Waals surface area contributed by atoms with Gasteiger partial charge >= 0.3 is 0 Å². The van der Waals surface area contributed by atoms with E-state index in [1.54, 1.807) is 11.8 Å². The molecule has 3 nitrogen and oxygen atoms in total. The van der Waals surface area contributed by atoms with E-state index in [9.17, 15) is 0 Å². The Labute approximate surface area is 176 Å². The maximum atomic E-state index is 4.54. The molecule has 0 radical (unpaired) electrons. The van der Waals surface area contributed by atoms with E-state index in [-0.39, 0.29) is 0 Å². The SMILES string of the molecule is Cc1ccc(-n2c(Cc3ccccc3)nnc2SCCCc2ccccc2)cc1. The number of nitrogens with zero attached hydrogens (tertiary/aromatic N) is 3. The Kier molecular flexibility index (Phi) is 6.42. The zero-order valence-corrected chi connectivity index (χ0v) is 17.5. The molecule has 0 aliphatic carbocycles. The van der Waals surface area contributed by atoms with Crippen molar-refractivity contribution in [1.82, 2.24) is 14.8 Å². The van der Waals surface area contributed by atoms with Crippen molar-refractivity contribution in [3.05, 3.63) is 107 Å². The number of rotatable bonds is 8. The molecule has 0 amide bonds. The van der Waals surface area contributed by atoms with E-state index in [1.807, 2.05) is 6.07 Å². The Morgan fingerprint density at radius 2 is 1.41 bits per heavy atom. The molecule has 0 spiro atoms. The monoisotopic (exact) mass is 399 g/mol. The van der Waals surface area contributed by atoms with Gasteiger partial charge in [-0.05, 0) is 43.0 Å². The molecule has 0 fully saturated rings. The molecule has 29 heavy (non-hydrogen) atoms. The normalized spacial score (nSPS) is 10.9. The molecule has 0 aliphatic heterocycles. The van der Waals surface area contributed by atoms with Gasteiger partial charge in [-0.3, -0.25) is 4.57 Å². The Hall–Kier alpha value is -2.85. The topological polar surface area (TPSA) is 30.7 Å². The van der Waals surface area contributed by atoms with Crippen LogP contribution in [0.1, 0.15) is 28.9 Å². The molecule has 0 atom stereocenters. The van der Waals surface area contributed by atoms with Crippen LogP contribution in [0.2, 0.25) is 0 Å². The van der Waals surface area contributed by atoms with Crippen molar-refractivity contribution in [2.24, 2.45) is 0 Å². The van der Waals surface area contributed by atoms with E-state index in [0.29, 0.717) is 0 Å². The van der Waals surface area contributed by atoms with Gasteiger partial charge in [-0.2, -0.15) is 0 Å². The predicted molar refractivity (Wildman–Crippen MR) is 121 cm³/mol. The summed E-state index contributed by atoms with van der Waals surface area (Å²) in [5.41, 5.74) is 5.01. The van der Waals surface area contributed by atoms with E-state index in [1.165, 1.54) is 16.7 Å². The highest BCUT2D eigenvalue weighted by Crippen LogP contribution is 2.25. The average Bonchev–Trinajstić information content (AvgIpc) is 3.15. The fourth-order valence-electron chi connectivity index (χ4n) is 3.32. The Morgan fingerprint density at radius 1 is 0.759 bits per heavy atom. The average molecular weight is 400 g/mol. The third-order valence-electron chi connectivity index (χ3n) is 4.88. The van der Waals surface area contributed by atoms with Crippen molar-refractivity contribution in [2.75, 3.05) is 5.75 Å². The number of hydrogen-bond acceptors (Lipinski definition) is 3. The number of hydrogen-bond donors (Lipinski definition) is 0. The van der Waals surface area contributed by atoms with E-state index < -0.39 is 0 Å². The molecular formula is C25H25N3S. The van der Waals surface area contributed by atoms with Crippen molar-refractivity contribution < 1.29 is 0 Å². The van der Waals surface area contributed by atoms with E-state index in [2.05, 4.69) is 101 Å². The van der Waals surface area contributed by atoms with Crippen LogP contribution in [0.5, 0.6) is 0 Å². The van der Waals surface area contributed by atoms with Gasteiger partial charge in [0.15, 0.2) is 5.16 Å². The maximum absolute atomic E-state index is 4.54. The lowest BCUT2D eigenvalue weighted by atomic mass is 10.1. The minimum absolute atomic E-state index is 0.770. The maximum Gasteiger partial charge on any atom is 0.195 e. The largest absolute Gasteiger partial charge is 0.274 e. The molecular weight excluding hydrogens is 374 g/mol. The first kappa shape index (κ1) is 19.5. The molecule has 1 heterocycles. The van der Waals surface area contributed by atoms with Crippen LogP contribution >= 0.6 is 11.8 Å². The summed E-state index contributed by atoms with van der Waals surface area (Å²) in [5, 5.41) is 10.0. The number of benzene rings is 3. The van der Waals surface area contributed by atoms with Gasteiger partial charge in [0.05, 0.1) is 0 Å². The zero-order valence-electron chi connectivity index (χ0n) is 16.7. The predicted octanol–water partition coefficient (Wildman–Crippen LogP) is 5.89. The molecule has 0 saturated carbocycles. The highest BCUT2D eigenvalue weighted by molar-refractivity contribution is 7.99. The minimum atomic E-state index is 0.770. The molecule has 0 aliphatic rings. The molecule has 1 aromatic heterocycles. The summed E-state index contributed by atoms with van der Waals surface area (Å²) in [6, 6.07) is 29.7. The summed E-state index contributed by atoms with van der Waals surface area (Å²) in [7, 11) is 0. The summed E-state index contributed by atoms with van der Waals surface area (Å²) in [5.74, 6) is 2.00. The molecule has 0 unspecified atom stereocenters. The molecule has 4 rings (SSSR count). The van der Waals surface area contributed by atoms with Crippen molar-refractivity contribution >= 4 is 11.8 Å². The molecule has 4 heteroatoms. The van der Waals surface area contributed by atoms with Gasteiger partial charge in [-0.15, -0.1) is 10.2 Å². The fourth-order valence-corrected chi connectivity index (χ4v) is 4.23. The Morgan fingerprint density at radius 3 is 2.10 bits per heavy atom. The minimum Gasteiger partial charge on any atom is -0.274 e. The smallest absolute Gasteiger partial charge is 0.195 e. The molecule has 4 aromatic rings. The summed E-state index contributed by atoms with van der Waals surface area (Å²) in [4.78, 5) is 0. The van der Waals surface area contributed by atoms with Crippen LogP contribution in [0.3, 0.4) is 0 Å². The van der Waals surface area contributed by atoms with Crippen LogP contribution in [0, 0.1) is 6.92 Å². The first-order chi connectivity index (χ1) is 14.3. The summed E-state index contributed by atoms with van der Waals surface area (Å²) >= 11 is 1.79. The van der Waals surface area contributed by atoms with Gasteiger partial charge < -0.3 is 0 Å². The van der Waals surface area contributed by atoms with Crippen LogP contribution in [-0.2, 0) is 12.8 Å². The second-order valence-corrected chi connectivity index (χ2v) is 8.23. The van der Waals surface area contributed by atoms with Crippen LogP contribution in [0.15, 0.2) is 90.1 Å². The Balaban J connectivity index is 1.52. The van der Waals surface area contributed by atoms with Crippen molar-refractivity contribution in [2.45, 2.75) is 31.3 Å². The molecule has 3 aromatic carbocycles. The van der Waals surface area contributed by atoms with Gasteiger partial charge in [-0.1, -0.05) is 90.1 Å². The third-order valence-corrected chi connectivity index (χ3v) is 5.90. The summed E-state index contributed by atoms with van der Waals surface area (Å²) in [6.45, 7) is 2.11. The van der Waals surface area contributed by atoms with Crippen molar-refractivity contribution in [3.8, 4) is 5.69 Å². The first-order valence-electron chi connectivity index (χ1n) is 10.0. The lowest BCUT2D eigenvalue weighted by Crippen LogP contribution is -2.04. The fraction of sp³-hybridized carbons (Fsp3) is 0.200. The first-order valence-corrected chi connectivity index (χ1v) is 11.0. The van der Waals surface area contributed by atoms with Crippen LogP contribution in [0.4, 0.5) is 0 Å². The van der Waals surface area contributed by atoms with E-state index in [0.717, 1.165) is 41.7 Å². The van der Waals surface area contributed by atoms with E-state index >= 15 is 0 Å². The van der Waals surface area contributed by atoms with Gasteiger partial charge in [0, 0.05) is 17.9 Å². The van der Waals surface area contributed by atoms with Gasteiger partial charge in [0.1, 0.15) is 5.82 Å². The molecule has 0 N–H and O–H groups in total. The lowest BCUT2D eigenvalue weighted by molar-refractivity contribution is 0.843. The van der Waals surface area contributed by atoms with Gasteiger partial charge in [0.25, 0.3) is 0 Å². The zero-order chi connectivity index (χ0) is 19.9. The third kappa shape index (κ3) is 5.15. The Bertz CT molecular complexity index is 1020. The highest BCUT2D eigenvalue weighted by atomic mass is 32.2. The van der Waals surface area contributed by atoms with Crippen LogP contribution in [0.25, 0.3) is 5.69 Å².